The molecule has 0 fully saturated rings. The van der Waals surface area contributed by atoms with E-state index in [0.29, 0.717) is 12.1 Å². The number of carbonyl (C=O) groups excluding carboxylic acids is 2. The lowest BCUT2D eigenvalue weighted by Gasteiger charge is -2.36. The first-order chi connectivity index (χ1) is 14.9. The van der Waals surface area contributed by atoms with E-state index < -0.39 is 17.0 Å². The first-order valence-electron chi connectivity index (χ1n) is 9.75. The lowest BCUT2D eigenvalue weighted by molar-refractivity contribution is -0.128. The highest BCUT2D eigenvalue weighted by molar-refractivity contribution is 8.01. The maximum Gasteiger partial charge on any atom is 0.241 e. The van der Waals surface area contributed by atoms with Gasteiger partial charge in [0.2, 0.25) is 11.8 Å². The van der Waals surface area contributed by atoms with Gasteiger partial charge in [0, 0.05) is 14.8 Å². The smallest absolute Gasteiger partial charge is 0.241 e. The van der Waals surface area contributed by atoms with Crippen molar-refractivity contribution in [3.05, 3.63) is 81.3 Å². The van der Waals surface area contributed by atoms with Crippen LogP contribution in [0.25, 0.3) is 0 Å². The number of thiophene rings is 1. The van der Waals surface area contributed by atoms with E-state index in [2.05, 4.69) is 5.32 Å². The molecule has 0 unspecified atom stereocenters. The van der Waals surface area contributed by atoms with Crippen LogP contribution in [-0.4, -0.2) is 17.1 Å². The van der Waals surface area contributed by atoms with Gasteiger partial charge < -0.3 is 10.2 Å². The largest absolute Gasteiger partial charge is 0.351 e. The number of nitrogens with zero attached hydrogens (tertiary/aromatic N) is 1. The second kappa shape index (κ2) is 9.42. The first-order valence-corrected chi connectivity index (χ1v) is 11.9. The van der Waals surface area contributed by atoms with E-state index in [-0.39, 0.29) is 23.4 Å². The van der Waals surface area contributed by atoms with Crippen LogP contribution >= 0.6 is 34.7 Å². The lowest BCUT2D eigenvalue weighted by atomic mass is 10.0. The van der Waals surface area contributed by atoms with Crippen LogP contribution in [0.3, 0.4) is 0 Å². The fraction of sp³-hybridized carbons (Fsp3) is 0.217. The summed E-state index contributed by atoms with van der Waals surface area (Å²) in [4.78, 5) is 29.9. The van der Waals surface area contributed by atoms with Gasteiger partial charge in [-0.3, -0.25) is 9.59 Å². The van der Waals surface area contributed by atoms with Gasteiger partial charge >= 0.3 is 0 Å². The van der Waals surface area contributed by atoms with Crippen molar-refractivity contribution in [3.63, 3.8) is 0 Å². The van der Waals surface area contributed by atoms with Gasteiger partial charge in [0.15, 0.2) is 0 Å². The van der Waals surface area contributed by atoms with Crippen LogP contribution in [-0.2, 0) is 22.7 Å². The Morgan fingerprint density at radius 1 is 1.23 bits per heavy atom. The number of carbonyl (C=O) groups is 2. The fourth-order valence-electron chi connectivity index (χ4n) is 3.42. The zero-order chi connectivity index (χ0) is 22.0. The van der Waals surface area contributed by atoms with Crippen LogP contribution < -0.4 is 10.2 Å². The molecule has 0 spiro atoms. The minimum absolute atomic E-state index is 0.164. The zero-order valence-corrected chi connectivity index (χ0v) is 19.1. The average Bonchev–Trinajstić information content (AvgIpc) is 3.28. The number of anilines is 1. The summed E-state index contributed by atoms with van der Waals surface area (Å²) in [7, 11) is 0. The van der Waals surface area contributed by atoms with Crippen molar-refractivity contribution in [2.45, 2.75) is 30.2 Å². The molecule has 1 aliphatic rings. The molecule has 0 aliphatic carbocycles. The molecule has 2 atom stereocenters. The summed E-state index contributed by atoms with van der Waals surface area (Å²) in [6.45, 7) is 2.42. The molecule has 0 radical (unpaired) electrons. The molecule has 1 aliphatic heterocycles. The van der Waals surface area contributed by atoms with Crippen molar-refractivity contribution in [2.24, 2.45) is 5.92 Å². The number of nitrogens with one attached hydrogen (secondary N) is 1. The van der Waals surface area contributed by atoms with E-state index in [1.165, 1.54) is 23.9 Å². The topological polar surface area (TPSA) is 49.4 Å². The van der Waals surface area contributed by atoms with Gasteiger partial charge in [0.25, 0.3) is 0 Å². The second-order valence-electron chi connectivity index (χ2n) is 7.25. The third-order valence-corrected chi connectivity index (χ3v) is 7.84. The highest BCUT2D eigenvalue weighted by Crippen LogP contribution is 2.42. The summed E-state index contributed by atoms with van der Waals surface area (Å²) in [5, 5.41) is 4.58. The Kier molecular flexibility index (Phi) is 6.65. The fourth-order valence-corrected chi connectivity index (χ4v) is 5.58. The standard InChI is InChI=1S/C23H20ClFN2O2S2/c1-14(22(28)26-12-17-5-4-10-30-17)21-23(29)27(19-6-2-3-7-20(19)31-21)13-15-8-9-16(25)11-18(15)24/h2-11,14,21H,12-13H2,1H3,(H,26,28)/t14-,21-/m1/s1. The van der Waals surface area contributed by atoms with Gasteiger partial charge in [0.1, 0.15) is 11.1 Å². The average molecular weight is 475 g/mol. The Morgan fingerprint density at radius 3 is 2.77 bits per heavy atom. The molecule has 0 saturated carbocycles. The third kappa shape index (κ3) is 4.79. The summed E-state index contributed by atoms with van der Waals surface area (Å²) in [5.74, 6) is -1.29. The number of para-hydroxylation sites is 1. The molecule has 2 heterocycles. The van der Waals surface area contributed by atoms with E-state index >= 15 is 0 Å². The number of fused-ring (bicyclic) bond motifs is 1. The molecule has 4 nitrogen and oxygen atoms in total. The van der Waals surface area contributed by atoms with Crippen LogP contribution in [0.4, 0.5) is 10.1 Å². The van der Waals surface area contributed by atoms with Gasteiger partial charge in [-0.25, -0.2) is 4.39 Å². The van der Waals surface area contributed by atoms with Gasteiger partial charge in [-0.05, 0) is 41.3 Å². The molecular weight excluding hydrogens is 455 g/mol. The Bertz CT molecular complexity index is 1110. The molecule has 8 heteroatoms. The summed E-state index contributed by atoms with van der Waals surface area (Å²) < 4.78 is 13.5. The molecule has 1 N–H and O–H groups in total. The van der Waals surface area contributed by atoms with Crippen molar-refractivity contribution < 1.29 is 14.0 Å². The van der Waals surface area contributed by atoms with Gasteiger partial charge in [-0.1, -0.05) is 42.8 Å². The monoisotopic (exact) mass is 474 g/mol. The van der Waals surface area contributed by atoms with E-state index in [9.17, 15) is 14.0 Å². The number of benzene rings is 2. The Hall–Kier alpha value is -2.35. The van der Waals surface area contributed by atoms with Crippen LogP contribution in [0.2, 0.25) is 5.02 Å². The number of rotatable bonds is 6. The lowest BCUT2D eigenvalue weighted by Crippen LogP contribution is -2.47. The molecule has 1 aromatic heterocycles. The second-order valence-corrected chi connectivity index (χ2v) is 9.87. The molecule has 4 rings (SSSR count). The molecular formula is C23H20ClFN2O2S2. The molecule has 0 bridgehead atoms. The van der Waals surface area contributed by atoms with Crippen LogP contribution in [0.15, 0.2) is 64.9 Å². The van der Waals surface area contributed by atoms with Crippen LogP contribution in [0, 0.1) is 11.7 Å². The minimum Gasteiger partial charge on any atom is -0.351 e. The van der Waals surface area contributed by atoms with Crippen molar-refractivity contribution >= 4 is 52.2 Å². The van der Waals surface area contributed by atoms with Gasteiger partial charge in [-0.2, -0.15) is 0 Å². The van der Waals surface area contributed by atoms with Crippen molar-refractivity contribution in [2.75, 3.05) is 4.90 Å². The van der Waals surface area contributed by atoms with E-state index in [1.807, 2.05) is 41.8 Å². The van der Waals surface area contributed by atoms with Crippen molar-refractivity contribution in [1.29, 1.82) is 0 Å². The quantitative estimate of drug-likeness (QED) is 0.513. The predicted molar refractivity (Wildman–Crippen MR) is 124 cm³/mol. The molecule has 2 aromatic carbocycles. The highest BCUT2D eigenvalue weighted by atomic mass is 35.5. The SMILES string of the molecule is C[C@@H](C(=O)NCc1cccs1)[C@H]1Sc2ccccc2N(Cc2ccc(F)cc2Cl)C1=O. The molecule has 2 amide bonds. The summed E-state index contributed by atoms with van der Waals surface area (Å²) in [6.07, 6.45) is 0. The maximum atomic E-state index is 13.5. The number of hydrogen-bond acceptors (Lipinski definition) is 4. The Balaban J connectivity index is 1.57. The predicted octanol–water partition coefficient (Wildman–Crippen LogP) is 5.50. The minimum atomic E-state index is -0.572. The summed E-state index contributed by atoms with van der Waals surface area (Å²) in [6, 6.07) is 15.6. The van der Waals surface area contributed by atoms with E-state index in [0.717, 1.165) is 15.5 Å². The van der Waals surface area contributed by atoms with Crippen molar-refractivity contribution in [1.82, 2.24) is 5.32 Å². The Labute approximate surface area is 193 Å². The number of thioether (sulfide) groups is 1. The van der Waals surface area contributed by atoms with Gasteiger partial charge in [-0.15, -0.1) is 23.1 Å². The highest BCUT2D eigenvalue weighted by Gasteiger charge is 2.39. The van der Waals surface area contributed by atoms with Crippen molar-refractivity contribution in [3.8, 4) is 0 Å². The number of hydrogen-bond donors (Lipinski definition) is 1. The Morgan fingerprint density at radius 2 is 2.03 bits per heavy atom. The van der Waals surface area contributed by atoms with E-state index in [4.69, 9.17) is 11.6 Å². The first kappa shape index (κ1) is 21.9. The summed E-state index contributed by atoms with van der Waals surface area (Å²) in [5.41, 5.74) is 1.41. The molecule has 160 valence electrons. The third-order valence-electron chi connectivity index (χ3n) is 5.15. The normalized spacial score (nSPS) is 16.7. The number of halogens is 2. The van der Waals surface area contributed by atoms with Crippen LogP contribution in [0.1, 0.15) is 17.4 Å². The molecule has 0 saturated heterocycles. The summed E-state index contributed by atoms with van der Waals surface area (Å²) >= 11 is 9.19. The number of amides is 2. The van der Waals surface area contributed by atoms with Crippen LogP contribution in [0.5, 0.6) is 0 Å². The van der Waals surface area contributed by atoms with Gasteiger partial charge in [0.05, 0.1) is 24.7 Å². The van der Waals surface area contributed by atoms with E-state index in [1.54, 1.807) is 29.2 Å². The maximum absolute atomic E-state index is 13.5. The molecule has 31 heavy (non-hydrogen) atoms. The zero-order valence-electron chi connectivity index (χ0n) is 16.7. The molecule has 3 aromatic rings.